The molecule has 17 heavy (non-hydrogen) atoms. The van der Waals surface area contributed by atoms with Gasteiger partial charge in [-0.25, -0.2) is 9.97 Å². The van der Waals surface area contributed by atoms with Crippen LogP contribution >= 0.6 is 15.9 Å². The van der Waals surface area contributed by atoms with Crippen LogP contribution in [0.5, 0.6) is 0 Å². The van der Waals surface area contributed by atoms with Crippen LogP contribution in [-0.4, -0.2) is 14.4 Å². The SMILES string of the molecule is Cc1ccn2c(Br)c(-c3ccccc3)nc2n1. The van der Waals surface area contributed by atoms with Gasteiger partial charge in [-0.1, -0.05) is 30.3 Å². The maximum atomic E-state index is 4.55. The molecule has 0 fully saturated rings. The van der Waals surface area contributed by atoms with E-state index in [2.05, 4.69) is 25.9 Å². The Morgan fingerprint density at radius 1 is 1.06 bits per heavy atom. The quantitative estimate of drug-likeness (QED) is 0.686. The number of hydrogen-bond acceptors (Lipinski definition) is 2. The van der Waals surface area contributed by atoms with Crippen molar-refractivity contribution in [1.29, 1.82) is 0 Å². The summed E-state index contributed by atoms with van der Waals surface area (Å²) in [6, 6.07) is 12.1. The van der Waals surface area contributed by atoms with Crippen LogP contribution in [-0.2, 0) is 0 Å². The topological polar surface area (TPSA) is 30.2 Å². The van der Waals surface area contributed by atoms with E-state index in [4.69, 9.17) is 0 Å². The molecule has 0 N–H and O–H groups in total. The van der Waals surface area contributed by atoms with Crippen molar-refractivity contribution in [1.82, 2.24) is 14.4 Å². The summed E-state index contributed by atoms with van der Waals surface area (Å²) in [5.41, 5.74) is 2.97. The van der Waals surface area contributed by atoms with Gasteiger partial charge in [-0.05, 0) is 28.9 Å². The molecule has 3 rings (SSSR count). The standard InChI is InChI=1S/C13H10BrN3/c1-9-7-8-17-12(14)11(16-13(17)15-9)10-5-3-2-4-6-10/h2-8H,1H3. The highest BCUT2D eigenvalue weighted by Gasteiger charge is 2.11. The lowest BCUT2D eigenvalue weighted by atomic mass is 10.2. The van der Waals surface area contributed by atoms with Crippen molar-refractivity contribution in [3.8, 4) is 11.3 Å². The summed E-state index contributed by atoms with van der Waals surface area (Å²) in [6.07, 6.45) is 1.97. The van der Waals surface area contributed by atoms with Gasteiger partial charge in [0.25, 0.3) is 0 Å². The van der Waals surface area contributed by atoms with E-state index in [0.717, 1.165) is 27.3 Å². The molecule has 0 spiro atoms. The average Bonchev–Trinajstić information content (AvgIpc) is 2.67. The highest BCUT2D eigenvalue weighted by Crippen LogP contribution is 2.27. The van der Waals surface area contributed by atoms with Crippen LogP contribution in [0.3, 0.4) is 0 Å². The molecule has 84 valence electrons. The lowest BCUT2D eigenvalue weighted by Crippen LogP contribution is -1.89. The number of halogens is 1. The fourth-order valence-corrected chi connectivity index (χ4v) is 2.36. The van der Waals surface area contributed by atoms with Crippen LogP contribution in [0, 0.1) is 6.92 Å². The zero-order valence-electron chi connectivity index (χ0n) is 9.26. The number of nitrogens with zero attached hydrogens (tertiary/aromatic N) is 3. The van der Waals surface area contributed by atoms with Gasteiger partial charge in [0, 0.05) is 17.5 Å². The van der Waals surface area contributed by atoms with Gasteiger partial charge in [-0.2, -0.15) is 0 Å². The minimum absolute atomic E-state index is 0.718. The van der Waals surface area contributed by atoms with Crippen molar-refractivity contribution in [3.63, 3.8) is 0 Å². The first-order valence-electron chi connectivity index (χ1n) is 5.32. The third-order valence-electron chi connectivity index (χ3n) is 2.62. The summed E-state index contributed by atoms with van der Waals surface area (Å²) < 4.78 is 2.88. The van der Waals surface area contributed by atoms with Gasteiger partial charge in [-0.3, -0.25) is 4.40 Å². The predicted octanol–water partition coefficient (Wildman–Crippen LogP) is 3.47. The molecule has 0 radical (unpaired) electrons. The van der Waals surface area contributed by atoms with Gasteiger partial charge in [0.1, 0.15) is 10.3 Å². The van der Waals surface area contributed by atoms with E-state index in [1.54, 1.807) is 0 Å². The predicted molar refractivity (Wildman–Crippen MR) is 70.9 cm³/mol. The monoisotopic (exact) mass is 287 g/mol. The third kappa shape index (κ3) is 1.74. The first kappa shape index (κ1) is 10.5. The Kier molecular flexibility index (Phi) is 2.44. The van der Waals surface area contributed by atoms with E-state index in [0.29, 0.717) is 0 Å². The lowest BCUT2D eigenvalue weighted by Gasteiger charge is -1.97. The van der Waals surface area contributed by atoms with Crippen molar-refractivity contribution < 1.29 is 0 Å². The van der Waals surface area contributed by atoms with Crippen LogP contribution in [0.15, 0.2) is 47.2 Å². The summed E-state index contributed by atoms with van der Waals surface area (Å²) in [5.74, 6) is 0.718. The van der Waals surface area contributed by atoms with E-state index in [1.807, 2.05) is 53.9 Å². The van der Waals surface area contributed by atoms with E-state index in [1.165, 1.54) is 0 Å². The third-order valence-corrected chi connectivity index (χ3v) is 3.38. The van der Waals surface area contributed by atoms with E-state index in [-0.39, 0.29) is 0 Å². The average molecular weight is 288 g/mol. The molecule has 3 aromatic rings. The number of rotatable bonds is 1. The molecule has 0 atom stereocenters. The Bertz CT molecular complexity index is 674. The summed E-state index contributed by atoms with van der Waals surface area (Å²) >= 11 is 3.57. The summed E-state index contributed by atoms with van der Waals surface area (Å²) in [5, 5.41) is 0. The molecule has 0 amide bonds. The zero-order chi connectivity index (χ0) is 11.8. The number of benzene rings is 1. The number of hydrogen-bond donors (Lipinski definition) is 0. The Balaban J connectivity index is 2.28. The van der Waals surface area contributed by atoms with Crippen molar-refractivity contribution >= 4 is 21.7 Å². The number of aryl methyl sites for hydroxylation is 1. The molecule has 0 saturated carbocycles. The molecule has 2 heterocycles. The minimum Gasteiger partial charge on any atom is -0.277 e. The molecule has 0 unspecified atom stereocenters. The highest BCUT2D eigenvalue weighted by atomic mass is 79.9. The fourth-order valence-electron chi connectivity index (χ4n) is 1.77. The van der Waals surface area contributed by atoms with Gasteiger partial charge >= 0.3 is 0 Å². The van der Waals surface area contributed by atoms with Gasteiger partial charge in [-0.15, -0.1) is 0 Å². The lowest BCUT2D eigenvalue weighted by molar-refractivity contribution is 1.05. The molecule has 0 aliphatic rings. The summed E-state index contributed by atoms with van der Waals surface area (Å²) in [7, 11) is 0. The van der Waals surface area contributed by atoms with Crippen molar-refractivity contribution in [2.45, 2.75) is 6.92 Å². The second kappa shape index (κ2) is 3.96. The second-order valence-corrected chi connectivity index (χ2v) is 4.61. The first-order valence-corrected chi connectivity index (χ1v) is 6.11. The molecular formula is C13H10BrN3. The van der Waals surface area contributed by atoms with Crippen molar-refractivity contribution in [2.24, 2.45) is 0 Å². The number of aromatic nitrogens is 3. The zero-order valence-corrected chi connectivity index (χ0v) is 10.8. The van der Waals surface area contributed by atoms with Gasteiger partial charge in [0.2, 0.25) is 5.78 Å². The Morgan fingerprint density at radius 2 is 1.82 bits per heavy atom. The van der Waals surface area contributed by atoms with Crippen LogP contribution in [0.25, 0.3) is 17.0 Å². The van der Waals surface area contributed by atoms with E-state index >= 15 is 0 Å². The normalized spacial score (nSPS) is 10.9. The molecular weight excluding hydrogens is 278 g/mol. The summed E-state index contributed by atoms with van der Waals surface area (Å²) in [6.45, 7) is 1.96. The van der Waals surface area contributed by atoms with Crippen LogP contribution in [0.4, 0.5) is 0 Å². The molecule has 0 aliphatic heterocycles. The number of fused-ring (bicyclic) bond motifs is 1. The van der Waals surface area contributed by atoms with Crippen LogP contribution in [0.2, 0.25) is 0 Å². The van der Waals surface area contributed by atoms with Gasteiger partial charge < -0.3 is 0 Å². The van der Waals surface area contributed by atoms with E-state index in [9.17, 15) is 0 Å². The molecule has 2 aromatic heterocycles. The molecule has 3 nitrogen and oxygen atoms in total. The highest BCUT2D eigenvalue weighted by molar-refractivity contribution is 9.10. The van der Waals surface area contributed by atoms with Gasteiger partial charge in [0.15, 0.2) is 0 Å². The molecule has 4 heteroatoms. The fraction of sp³-hybridized carbons (Fsp3) is 0.0769. The van der Waals surface area contributed by atoms with Gasteiger partial charge in [0.05, 0.1) is 0 Å². The Labute approximate surface area is 107 Å². The molecule has 1 aromatic carbocycles. The number of imidazole rings is 1. The Hall–Kier alpha value is -1.68. The molecule has 0 bridgehead atoms. The molecule has 0 aliphatic carbocycles. The smallest absolute Gasteiger partial charge is 0.235 e. The maximum Gasteiger partial charge on any atom is 0.235 e. The van der Waals surface area contributed by atoms with Crippen LogP contribution < -0.4 is 0 Å². The molecule has 0 saturated heterocycles. The summed E-state index contributed by atoms with van der Waals surface area (Å²) in [4.78, 5) is 8.95. The minimum atomic E-state index is 0.718. The maximum absolute atomic E-state index is 4.55. The van der Waals surface area contributed by atoms with E-state index < -0.39 is 0 Å². The Morgan fingerprint density at radius 3 is 2.59 bits per heavy atom. The van der Waals surface area contributed by atoms with Crippen LogP contribution in [0.1, 0.15) is 5.69 Å². The van der Waals surface area contributed by atoms with Crippen molar-refractivity contribution in [3.05, 3.63) is 52.9 Å². The second-order valence-electron chi connectivity index (χ2n) is 3.86. The first-order chi connectivity index (χ1) is 8.25. The largest absolute Gasteiger partial charge is 0.277 e. The van der Waals surface area contributed by atoms with Crippen molar-refractivity contribution in [2.75, 3.05) is 0 Å².